The first-order chi connectivity index (χ1) is 36.2. The van der Waals surface area contributed by atoms with E-state index in [2.05, 4.69) is 159 Å². The van der Waals surface area contributed by atoms with Crippen LogP contribution in [0.3, 0.4) is 0 Å². The first-order valence-corrected chi connectivity index (χ1v) is 24.2. The Morgan fingerprint density at radius 2 is 0.712 bits per heavy atom. The van der Waals surface area contributed by atoms with Gasteiger partial charge in [-0.3, -0.25) is 0 Å². The molecule has 338 valence electrons. The zero-order valence-electron chi connectivity index (χ0n) is 39.0. The molecular weight excluding hydrogens is 893 g/mol. The highest BCUT2D eigenvalue weighted by Crippen LogP contribution is 2.43. The van der Waals surface area contributed by atoms with Gasteiger partial charge in [-0.1, -0.05) is 170 Å². The van der Waals surface area contributed by atoms with Gasteiger partial charge in [0.15, 0.2) is 17.5 Å². The van der Waals surface area contributed by atoms with E-state index in [1.165, 1.54) is 0 Å². The molecule has 14 aromatic rings. The molecule has 0 unspecified atom stereocenters. The highest BCUT2D eigenvalue weighted by molar-refractivity contribution is 6.12. The highest BCUT2D eigenvalue weighted by atomic mass is 15.1. The van der Waals surface area contributed by atoms with E-state index in [1.807, 2.05) is 97.1 Å². The van der Waals surface area contributed by atoms with Crippen LogP contribution in [0.4, 0.5) is 0 Å². The maximum absolute atomic E-state index is 11.4. The summed E-state index contributed by atoms with van der Waals surface area (Å²) in [5, 5.41) is 29.0. The Hall–Kier alpha value is -10.4. The van der Waals surface area contributed by atoms with Crippen molar-refractivity contribution in [2.24, 2.45) is 0 Å². The zero-order chi connectivity index (χ0) is 48.6. The number of aromatic nitrogens is 6. The highest BCUT2D eigenvalue weighted by Gasteiger charge is 2.25. The molecule has 0 aliphatic heterocycles. The Labute approximate surface area is 418 Å². The Balaban J connectivity index is 1.05. The minimum atomic E-state index is 0.367. The van der Waals surface area contributed by atoms with E-state index in [0.717, 1.165) is 105 Å². The molecule has 0 N–H and O–H groups in total. The zero-order valence-corrected chi connectivity index (χ0v) is 39.0. The standard InChI is InChI=1S/C65H38N8/c66-39-43-20-16-35-60(72-55-30-12-6-23-47(55)48-24-7-13-31-56(48)72)62(43)65-69-63(41-18-2-1-3-19-41)68-64(70-65)42-36-37-51(61(38-42)73-57-32-14-8-25-49(57)50-26-9-15-33-58(50)73)44-27-17-34-59(52(44)40-67)71-53-28-10-4-21-45(53)46-22-5-11-29-54(46)71/h1-38H. The van der Waals surface area contributed by atoms with Gasteiger partial charge < -0.3 is 13.7 Å². The van der Waals surface area contributed by atoms with Crippen LogP contribution in [0.25, 0.3) is 128 Å². The average molecular weight is 931 g/mol. The fraction of sp³-hybridized carbons (Fsp3) is 0. The minimum absolute atomic E-state index is 0.367. The van der Waals surface area contributed by atoms with Gasteiger partial charge in [-0.15, -0.1) is 0 Å². The fourth-order valence-corrected chi connectivity index (χ4v) is 11.1. The van der Waals surface area contributed by atoms with Crippen LogP contribution in [0.5, 0.6) is 0 Å². The van der Waals surface area contributed by atoms with Gasteiger partial charge in [0.2, 0.25) is 0 Å². The summed E-state index contributed by atoms with van der Waals surface area (Å²) in [6.45, 7) is 0. The quantitative estimate of drug-likeness (QED) is 0.158. The summed E-state index contributed by atoms with van der Waals surface area (Å²) >= 11 is 0. The smallest absolute Gasteiger partial charge is 0.167 e. The second-order valence-corrected chi connectivity index (χ2v) is 18.1. The molecule has 0 aliphatic rings. The lowest BCUT2D eigenvalue weighted by molar-refractivity contribution is 1.06. The number of nitriles is 2. The van der Waals surface area contributed by atoms with Crippen molar-refractivity contribution in [1.29, 1.82) is 10.5 Å². The Bertz CT molecular complexity index is 4500. The molecule has 0 atom stereocenters. The molecule has 73 heavy (non-hydrogen) atoms. The van der Waals surface area contributed by atoms with Crippen molar-refractivity contribution in [3.63, 3.8) is 0 Å². The summed E-state index contributed by atoms with van der Waals surface area (Å²) in [5.41, 5.74) is 13.2. The minimum Gasteiger partial charge on any atom is -0.309 e. The van der Waals surface area contributed by atoms with Gasteiger partial charge in [-0.05, 0) is 60.7 Å². The number of hydrogen-bond donors (Lipinski definition) is 0. The lowest BCUT2D eigenvalue weighted by Gasteiger charge is -2.19. The number of rotatable bonds is 7. The van der Waals surface area contributed by atoms with E-state index in [1.54, 1.807) is 0 Å². The van der Waals surface area contributed by atoms with Crippen molar-refractivity contribution < 1.29 is 0 Å². The van der Waals surface area contributed by atoms with Crippen molar-refractivity contribution in [3.8, 4) is 74.5 Å². The normalized spacial score (nSPS) is 11.5. The van der Waals surface area contributed by atoms with Crippen molar-refractivity contribution in [1.82, 2.24) is 28.7 Å². The Kier molecular flexibility index (Phi) is 9.47. The maximum Gasteiger partial charge on any atom is 0.167 e. The van der Waals surface area contributed by atoms with Gasteiger partial charge in [0.25, 0.3) is 0 Å². The number of benzene rings is 10. The van der Waals surface area contributed by atoms with Gasteiger partial charge >= 0.3 is 0 Å². The predicted molar refractivity (Wildman–Crippen MR) is 294 cm³/mol. The molecule has 0 aliphatic carbocycles. The monoisotopic (exact) mass is 930 g/mol. The van der Waals surface area contributed by atoms with Crippen LogP contribution in [0.15, 0.2) is 231 Å². The summed E-state index contributed by atoms with van der Waals surface area (Å²) in [6.07, 6.45) is 0. The topological polar surface area (TPSA) is 101 Å². The van der Waals surface area contributed by atoms with E-state index in [-0.39, 0.29) is 0 Å². The van der Waals surface area contributed by atoms with E-state index < -0.39 is 0 Å². The number of fused-ring (bicyclic) bond motifs is 9. The maximum atomic E-state index is 11.4. The van der Waals surface area contributed by atoms with Crippen LogP contribution >= 0.6 is 0 Å². The summed E-state index contributed by atoms with van der Waals surface area (Å²) in [6, 6.07) is 83.6. The van der Waals surface area contributed by atoms with Gasteiger partial charge in [0.05, 0.1) is 72.9 Å². The van der Waals surface area contributed by atoms with Crippen LogP contribution in [-0.2, 0) is 0 Å². The third-order valence-electron chi connectivity index (χ3n) is 14.2. The second-order valence-electron chi connectivity index (χ2n) is 18.1. The molecule has 0 saturated heterocycles. The van der Waals surface area contributed by atoms with Gasteiger partial charge in [-0.2, -0.15) is 10.5 Å². The van der Waals surface area contributed by atoms with Crippen molar-refractivity contribution in [3.05, 3.63) is 242 Å². The molecule has 0 amide bonds. The van der Waals surface area contributed by atoms with Crippen molar-refractivity contribution in [2.75, 3.05) is 0 Å². The third-order valence-corrected chi connectivity index (χ3v) is 14.2. The number of hydrogen-bond acceptors (Lipinski definition) is 5. The van der Waals surface area contributed by atoms with Gasteiger partial charge in [0.1, 0.15) is 6.07 Å². The van der Waals surface area contributed by atoms with E-state index in [9.17, 15) is 10.5 Å². The number of para-hydroxylation sites is 6. The van der Waals surface area contributed by atoms with Crippen LogP contribution < -0.4 is 0 Å². The van der Waals surface area contributed by atoms with E-state index >= 15 is 0 Å². The molecule has 8 heteroatoms. The van der Waals surface area contributed by atoms with Crippen LogP contribution in [0.2, 0.25) is 0 Å². The molecule has 10 aromatic carbocycles. The summed E-state index contributed by atoms with van der Waals surface area (Å²) in [5.74, 6) is 1.26. The molecule has 14 rings (SSSR count). The lowest BCUT2D eigenvalue weighted by atomic mass is 9.95. The molecule has 8 nitrogen and oxygen atoms in total. The first kappa shape index (κ1) is 41.6. The summed E-state index contributed by atoms with van der Waals surface area (Å²) < 4.78 is 6.72. The summed E-state index contributed by atoms with van der Waals surface area (Å²) in [4.78, 5) is 15.9. The molecule has 4 aromatic heterocycles. The van der Waals surface area contributed by atoms with Crippen LogP contribution in [-0.4, -0.2) is 28.7 Å². The molecule has 4 heterocycles. The Morgan fingerprint density at radius 1 is 0.301 bits per heavy atom. The van der Waals surface area contributed by atoms with E-state index in [4.69, 9.17) is 15.0 Å². The van der Waals surface area contributed by atoms with Crippen molar-refractivity contribution in [2.45, 2.75) is 0 Å². The third kappa shape index (κ3) is 6.42. The SMILES string of the molecule is N#Cc1cccc(-n2c3ccccc3c3ccccc32)c1-c1nc(-c2ccccc2)nc(-c2ccc(-c3cccc(-n4c5ccccc5c5ccccc54)c3C#N)c(-n3c4ccccc4c4ccccc43)c2)n1. The molecule has 0 saturated carbocycles. The first-order valence-electron chi connectivity index (χ1n) is 24.2. The second kappa shape index (κ2) is 16.6. The van der Waals surface area contributed by atoms with Gasteiger partial charge in [-0.25, -0.2) is 15.0 Å². The van der Waals surface area contributed by atoms with Crippen LogP contribution in [0, 0.1) is 22.7 Å². The fourth-order valence-electron chi connectivity index (χ4n) is 11.1. The molecule has 0 spiro atoms. The molecular formula is C65H38N8. The summed E-state index contributed by atoms with van der Waals surface area (Å²) in [7, 11) is 0. The molecule has 0 fully saturated rings. The Morgan fingerprint density at radius 3 is 1.21 bits per heavy atom. The van der Waals surface area contributed by atoms with E-state index in [0.29, 0.717) is 34.2 Å². The van der Waals surface area contributed by atoms with Gasteiger partial charge in [0, 0.05) is 54.6 Å². The largest absolute Gasteiger partial charge is 0.309 e. The predicted octanol–water partition coefficient (Wildman–Crippen LogP) is 15.6. The van der Waals surface area contributed by atoms with Crippen LogP contribution in [0.1, 0.15) is 11.1 Å². The number of nitrogens with zero attached hydrogens (tertiary/aromatic N) is 8. The average Bonchev–Trinajstić information content (AvgIpc) is 4.10. The van der Waals surface area contributed by atoms with Crippen molar-refractivity contribution >= 4 is 65.4 Å². The lowest BCUT2D eigenvalue weighted by Crippen LogP contribution is -2.06. The molecule has 0 radical (unpaired) electrons. The molecule has 0 bridgehead atoms.